The molecule has 2 aliphatic heterocycles. The molecule has 2 aromatic rings. The zero-order valence-electron chi connectivity index (χ0n) is 18.8. The van der Waals surface area contributed by atoms with Crippen LogP contribution in [0.3, 0.4) is 0 Å². The SMILES string of the molecule is CN1CC(CC(=O)NC2CC(C(F)(I)C3CC3)CN(c3ccc(C#N)c4ncccc34)C2)C1. The number of amides is 1. The Bertz CT molecular complexity index is 1090. The van der Waals surface area contributed by atoms with E-state index in [1.54, 1.807) is 12.3 Å². The number of piperidine rings is 1. The second-order valence-electron chi connectivity index (χ2n) is 9.99. The van der Waals surface area contributed by atoms with Crippen molar-refractivity contribution < 1.29 is 9.18 Å². The minimum atomic E-state index is -1.28. The smallest absolute Gasteiger partial charge is 0.220 e. The fraction of sp³-hybridized carbons (Fsp3) is 0.560. The molecular weight excluding hydrogens is 532 g/mol. The minimum Gasteiger partial charge on any atom is -0.368 e. The number of nitrogens with zero attached hydrogens (tertiary/aromatic N) is 4. The molecule has 1 N–H and O–H groups in total. The number of aromatic nitrogens is 1. The maximum Gasteiger partial charge on any atom is 0.220 e. The van der Waals surface area contributed by atoms with Crippen LogP contribution in [-0.4, -0.2) is 58.7 Å². The number of pyridine rings is 1. The summed E-state index contributed by atoms with van der Waals surface area (Å²) in [6, 6.07) is 9.68. The number of hydrogen-bond acceptors (Lipinski definition) is 5. The molecule has 8 heteroatoms. The van der Waals surface area contributed by atoms with Crippen molar-refractivity contribution in [2.45, 2.75) is 35.4 Å². The van der Waals surface area contributed by atoms with E-state index in [4.69, 9.17) is 0 Å². The number of nitriles is 1. The number of hydrogen-bond donors (Lipinski definition) is 1. The van der Waals surface area contributed by atoms with Crippen LogP contribution in [0.25, 0.3) is 10.9 Å². The summed E-state index contributed by atoms with van der Waals surface area (Å²) < 4.78 is 14.6. The molecule has 3 atom stereocenters. The molecule has 1 saturated carbocycles. The van der Waals surface area contributed by atoms with E-state index in [0.717, 1.165) is 37.0 Å². The highest BCUT2D eigenvalue weighted by molar-refractivity contribution is 14.1. The van der Waals surface area contributed by atoms with E-state index in [0.29, 0.717) is 42.9 Å². The molecule has 6 nitrogen and oxygen atoms in total. The van der Waals surface area contributed by atoms with Gasteiger partial charge in [0.2, 0.25) is 5.91 Å². The van der Waals surface area contributed by atoms with E-state index in [9.17, 15) is 10.1 Å². The first kappa shape index (κ1) is 22.8. The minimum absolute atomic E-state index is 0.0643. The zero-order valence-corrected chi connectivity index (χ0v) is 21.0. The van der Waals surface area contributed by atoms with Crippen molar-refractivity contribution in [1.82, 2.24) is 15.2 Å². The third-order valence-electron chi connectivity index (χ3n) is 7.30. The van der Waals surface area contributed by atoms with Gasteiger partial charge in [0.25, 0.3) is 0 Å². The van der Waals surface area contributed by atoms with Crippen LogP contribution in [0.2, 0.25) is 0 Å². The fourth-order valence-electron chi connectivity index (χ4n) is 5.51. The third-order valence-corrected chi connectivity index (χ3v) is 9.06. The van der Waals surface area contributed by atoms with Gasteiger partial charge in [-0.05, 0) is 79.1 Å². The summed E-state index contributed by atoms with van der Waals surface area (Å²) in [7, 11) is 2.06. The molecule has 0 spiro atoms. The van der Waals surface area contributed by atoms with Crippen LogP contribution < -0.4 is 10.2 Å². The van der Waals surface area contributed by atoms with Gasteiger partial charge in [-0.3, -0.25) is 9.78 Å². The maximum atomic E-state index is 15.9. The first-order valence-electron chi connectivity index (χ1n) is 11.7. The lowest BCUT2D eigenvalue weighted by Crippen LogP contribution is -2.55. The van der Waals surface area contributed by atoms with Crippen molar-refractivity contribution in [3.63, 3.8) is 0 Å². The number of alkyl halides is 2. The number of nitrogens with one attached hydrogen (secondary N) is 1. The molecule has 0 bridgehead atoms. The summed E-state index contributed by atoms with van der Waals surface area (Å²) in [6.07, 6.45) is 4.74. The summed E-state index contributed by atoms with van der Waals surface area (Å²) in [5, 5.41) is 13.6. The molecule has 1 aromatic heterocycles. The molecule has 5 rings (SSSR count). The van der Waals surface area contributed by atoms with Crippen LogP contribution in [0.5, 0.6) is 0 Å². The first-order chi connectivity index (χ1) is 15.8. The Balaban J connectivity index is 1.41. The molecule has 3 heterocycles. The van der Waals surface area contributed by atoms with Gasteiger partial charge in [0.15, 0.2) is 3.68 Å². The summed E-state index contributed by atoms with van der Waals surface area (Å²) in [5.74, 6) is 0.399. The van der Waals surface area contributed by atoms with E-state index in [2.05, 4.69) is 33.2 Å². The lowest BCUT2D eigenvalue weighted by atomic mass is 9.87. The van der Waals surface area contributed by atoms with Gasteiger partial charge in [-0.15, -0.1) is 0 Å². The van der Waals surface area contributed by atoms with Gasteiger partial charge in [0.05, 0.1) is 11.1 Å². The van der Waals surface area contributed by atoms with E-state index in [1.807, 2.05) is 40.8 Å². The van der Waals surface area contributed by atoms with E-state index in [-0.39, 0.29) is 23.8 Å². The Labute approximate surface area is 207 Å². The topological polar surface area (TPSA) is 72.3 Å². The van der Waals surface area contributed by atoms with Crippen LogP contribution in [0.4, 0.5) is 10.1 Å². The molecule has 0 radical (unpaired) electrons. The summed E-state index contributed by atoms with van der Waals surface area (Å²) >= 11 is 2.02. The van der Waals surface area contributed by atoms with Crippen LogP contribution in [0, 0.1) is 29.1 Å². The van der Waals surface area contributed by atoms with Crippen molar-refractivity contribution in [1.29, 1.82) is 5.26 Å². The largest absolute Gasteiger partial charge is 0.368 e. The summed E-state index contributed by atoms with van der Waals surface area (Å²) in [6.45, 7) is 3.13. The number of carbonyl (C=O) groups is 1. The molecule has 2 saturated heterocycles. The third kappa shape index (κ3) is 4.67. The molecule has 3 unspecified atom stereocenters. The Morgan fingerprint density at radius 2 is 2.06 bits per heavy atom. The van der Waals surface area contributed by atoms with Crippen molar-refractivity contribution in [3.05, 3.63) is 36.0 Å². The Kier molecular flexibility index (Phi) is 6.21. The quantitative estimate of drug-likeness (QED) is 0.429. The number of halogens is 2. The number of fused-ring (bicyclic) bond motifs is 1. The predicted molar refractivity (Wildman–Crippen MR) is 135 cm³/mol. The Morgan fingerprint density at radius 3 is 2.76 bits per heavy atom. The van der Waals surface area contributed by atoms with E-state index >= 15 is 4.39 Å². The van der Waals surface area contributed by atoms with Gasteiger partial charge >= 0.3 is 0 Å². The number of rotatable bonds is 6. The van der Waals surface area contributed by atoms with E-state index < -0.39 is 3.68 Å². The molecular formula is C25H29FIN5O. The molecule has 3 fully saturated rings. The normalized spacial score (nSPS) is 25.8. The van der Waals surface area contributed by atoms with Crippen LogP contribution in [-0.2, 0) is 4.79 Å². The van der Waals surface area contributed by atoms with Gasteiger partial charge in [0, 0.05) is 67.7 Å². The lowest BCUT2D eigenvalue weighted by molar-refractivity contribution is -0.124. The average molecular weight is 561 g/mol. The van der Waals surface area contributed by atoms with Gasteiger partial charge in [-0.2, -0.15) is 5.26 Å². The Hall–Kier alpha value is -1.99. The molecule has 1 amide bonds. The van der Waals surface area contributed by atoms with Gasteiger partial charge < -0.3 is 15.1 Å². The fourth-order valence-corrected chi connectivity index (χ4v) is 6.58. The number of anilines is 1. The van der Waals surface area contributed by atoms with Crippen LogP contribution >= 0.6 is 22.6 Å². The molecule has 174 valence electrons. The lowest BCUT2D eigenvalue weighted by Gasteiger charge is -2.44. The van der Waals surface area contributed by atoms with Crippen molar-refractivity contribution >= 4 is 45.1 Å². The molecule has 33 heavy (non-hydrogen) atoms. The highest BCUT2D eigenvalue weighted by atomic mass is 127. The predicted octanol–water partition coefficient (Wildman–Crippen LogP) is 3.88. The Morgan fingerprint density at radius 1 is 1.27 bits per heavy atom. The molecule has 1 aliphatic carbocycles. The number of benzene rings is 1. The monoisotopic (exact) mass is 561 g/mol. The number of likely N-dealkylation sites (tertiary alicyclic amines) is 1. The number of carbonyl (C=O) groups excluding carboxylic acids is 1. The zero-order chi connectivity index (χ0) is 23.2. The van der Waals surface area contributed by atoms with Crippen LogP contribution in [0.1, 0.15) is 31.2 Å². The van der Waals surface area contributed by atoms with E-state index in [1.165, 1.54) is 0 Å². The molecule has 1 aromatic carbocycles. The van der Waals surface area contributed by atoms with Crippen molar-refractivity contribution in [2.75, 3.05) is 38.1 Å². The second kappa shape index (κ2) is 8.99. The highest BCUT2D eigenvalue weighted by Crippen LogP contribution is 2.53. The van der Waals surface area contributed by atoms with Gasteiger partial charge in [-0.1, -0.05) is 0 Å². The maximum absolute atomic E-state index is 15.9. The van der Waals surface area contributed by atoms with Crippen molar-refractivity contribution in [2.24, 2.45) is 17.8 Å². The van der Waals surface area contributed by atoms with Crippen molar-refractivity contribution in [3.8, 4) is 6.07 Å². The van der Waals surface area contributed by atoms with Gasteiger partial charge in [0.1, 0.15) is 6.07 Å². The summed E-state index contributed by atoms with van der Waals surface area (Å²) in [4.78, 5) is 21.6. The highest BCUT2D eigenvalue weighted by Gasteiger charge is 2.51. The summed E-state index contributed by atoms with van der Waals surface area (Å²) in [5.41, 5.74) is 2.15. The second-order valence-corrected chi connectivity index (χ2v) is 11.6. The van der Waals surface area contributed by atoms with Crippen LogP contribution in [0.15, 0.2) is 30.5 Å². The van der Waals surface area contributed by atoms with Gasteiger partial charge in [-0.25, -0.2) is 4.39 Å². The standard InChI is InChI=1S/C25H29FIN5O/c1-31-12-16(13-31)9-23(33)30-20-10-19(25(26,27)18-5-6-18)14-32(15-20)22-7-4-17(11-28)24-21(22)3-2-8-29-24/h2-4,7-8,16,18-20H,5-6,9-10,12-15H2,1H3,(H,30,33). The first-order valence-corrected chi connectivity index (χ1v) is 12.8. The molecule has 3 aliphatic rings. The average Bonchev–Trinajstić information content (AvgIpc) is 3.63.